The van der Waals surface area contributed by atoms with E-state index in [9.17, 15) is 4.79 Å². The van der Waals surface area contributed by atoms with Crippen molar-refractivity contribution in [1.82, 2.24) is 0 Å². The molecule has 1 aliphatic carbocycles. The number of halogens is 1. The maximum atomic E-state index is 11.7. The third-order valence-electron chi connectivity index (χ3n) is 2.97. The highest BCUT2D eigenvalue weighted by Crippen LogP contribution is 2.40. The van der Waals surface area contributed by atoms with E-state index in [0.717, 1.165) is 16.5 Å². The molecule has 0 saturated carbocycles. The van der Waals surface area contributed by atoms with Gasteiger partial charge in [-0.1, -0.05) is 41.9 Å². The second-order valence-corrected chi connectivity index (χ2v) is 5.32. The molecule has 0 aromatic heterocycles. The van der Waals surface area contributed by atoms with E-state index in [1.165, 1.54) is 5.56 Å². The molecule has 0 atom stereocenters. The average Bonchev–Trinajstić information content (AvgIpc) is 2.12. The average molecular weight is 253 g/mol. The van der Waals surface area contributed by atoms with Gasteiger partial charge in [0.25, 0.3) is 0 Å². The summed E-state index contributed by atoms with van der Waals surface area (Å²) in [7, 11) is 0. The van der Waals surface area contributed by atoms with Gasteiger partial charge < -0.3 is 0 Å². The molecule has 0 radical (unpaired) electrons. The lowest BCUT2D eigenvalue weighted by Gasteiger charge is -2.32. The lowest BCUT2D eigenvalue weighted by Crippen LogP contribution is -2.27. The number of carbonyl (C=O) groups excluding carboxylic acids is 1. The monoisotopic (exact) mass is 252 g/mol. The second kappa shape index (κ2) is 3.20. The van der Waals surface area contributed by atoms with Gasteiger partial charge in [0.05, 0.1) is 0 Å². The minimum Gasteiger partial charge on any atom is -0.294 e. The fourth-order valence-corrected chi connectivity index (χ4v) is 3.03. The summed E-state index contributed by atoms with van der Waals surface area (Å²) in [5.74, 6) is 0.278. The Labute approximate surface area is 92.6 Å². The Hall–Kier alpha value is -0.630. The normalized spacial score (nSPS) is 19.2. The van der Waals surface area contributed by atoms with Crippen LogP contribution in [-0.2, 0) is 5.41 Å². The van der Waals surface area contributed by atoms with Crippen molar-refractivity contribution < 1.29 is 4.79 Å². The summed E-state index contributed by atoms with van der Waals surface area (Å²) < 4.78 is 1.06. The van der Waals surface area contributed by atoms with Crippen molar-refractivity contribution in [2.75, 3.05) is 0 Å². The minimum atomic E-state index is 0.114. The molecule has 0 spiro atoms. The third kappa shape index (κ3) is 1.42. The largest absolute Gasteiger partial charge is 0.294 e. The van der Waals surface area contributed by atoms with Gasteiger partial charge in [0.15, 0.2) is 5.78 Å². The van der Waals surface area contributed by atoms with Crippen molar-refractivity contribution in [2.24, 2.45) is 0 Å². The van der Waals surface area contributed by atoms with Crippen LogP contribution in [0.2, 0.25) is 0 Å². The summed E-state index contributed by atoms with van der Waals surface area (Å²) in [4.78, 5) is 11.7. The Kier molecular flexibility index (Phi) is 2.26. The van der Waals surface area contributed by atoms with Crippen LogP contribution in [0.3, 0.4) is 0 Å². The number of carbonyl (C=O) groups is 1. The van der Waals surface area contributed by atoms with Crippen LogP contribution in [0.1, 0.15) is 42.6 Å². The standard InChI is InChI=1S/C12H13BrO/c1-12(2)7-6-10(14)8-4-3-5-9(13)11(8)12/h3-5H,6-7H2,1-2H3. The maximum absolute atomic E-state index is 11.7. The van der Waals surface area contributed by atoms with Crippen LogP contribution in [-0.4, -0.2) is 5.78 Å². The molecule has 2 heteroatoms. The van der Waals surface area contributed by atoms with Crippen molar-refractivity contribution in [3.8, 4) is 0 Å². The first kappa shape index (κ1) is 9.91. The Morgan fingerprint density at radius 1 is 1.36 bits per heavy atom. The Morgan fingerprint density at radius 3 is 2.71 bits per heavy atom. The first-order valence-electron chi connectivity index (χ1n) is 4.84. The van der Waals surface area contributed by atoms with Crippen molar-refractivity contribution in [3.05, 3.63) is 33.8 Å². The Morgan fingerprint density at radius 2 is 2.07 bits per heavy atom. The molecular weight excluding hydrogens is 240 g/mol. The molecule has 0 bridgehead atoms. The van der Waals surface area contributed by atoms with Crippen molar-refractivity contribution in [3.63, 3.8) is 0 Å². The molecule has 0 N–H and O–H groups in total. The molecular formula is C12H13BrO. The molecule has 1 nitrogen and oxygen atoms in total. The van der Waals surface area contributed by atoms with Gasteiger partial charge in [-0.25, -0.2) is 0 Å². The van der Waals surface area contributed by atoms with Crippen LogP contribution in [0.4, 0.5) is 0 Å². The second-order valence-electron chi connectivity index (χ2n) is 4.47. The number of Topliss-reactive ketones (excluding diaryl/α,β-unsaturated/α-hetero) is 1. The summed E-state index contributed by atoms with van der Waals surface area (Å²) in [6, 6.07) is 5.88. The molecule has 1 aliphatic rings. The molecule has 0 fully saturated rings. The van der Waals surface area contributed by atoms with E-state index < -0.39 is 0 Å². The lowest BCUT2D eigenvalue weighted by atomic mass is 9.72. The van der Waals surface area contributed by atoms with E-state index in [1.54, 1.807) is 0 Å². The zero-order valence-electron chi connectivity index (χ0n) is 8.43. The van der Waals surface area contributed by atoms with Gasteiger partial charge in [-0.15, -0.1) is 0 Å². The number of ketones is 1. The molecule has 0 heterocycles. The van der Waals surface area contributed by atoms with Gasteiger partial charge in [-0.2, -0.15) is 0 Å². The predicted octanol–water partition coefficient (Wildman–Crippen LogP) is 3.70. The van der Waals surface area contributed by atoms with Gasteiger partial charge >= 0.3 is 0 Å². The van der Waals surface area contributed by atoms with Crippen molar-refractivity contribution in [1.29, 1.82) is 0 Å². The van der Waals surface area contributed by atoms with Crippen LogP contribution < -0.4 is 0 Å². The van der Waals surface area contributed by atoms with Crippen LogP contribution in [0.25, 0.3) is 0 Å². The number of rotatable bonds is 0. The van der Waals surface area contributed by atoms with E-state index in [0.29, 0.717) is 6.42 Å². The molecule has 1 aromatic rings. The molecule has 2 rings (SSSR count). The summed E-state index contributed by atoms with van der Waals surface area (Å²) in [5.41, 5.74) is 2.19. The first-order chi connectivity index (χ1) is 6.52. The van der Waals surface area contributed by atoms with E-state index in [4.69, 9.17) is 0 Å². The molecule has 0 unspecified atom stereocenters. The maximum Gasteiger partial charge on any atom is 0.163 e. The van der Waals surface area contributed by atoms with Crippen LogP contribution >= 0.6 is 15.9 Å². The highest BCUT2D eigenvalue weighted by Gasteiger charge is 2.32. The fourth-order valence-electron chi connectivity index (χ4n) is 2.13. The van der Waals surface area contributed by atoms with E-state index in [1.807, 2.05) is 18.2 Å². The van der Waals surface area contributed by atoms with Gasteiger partial charge in [0, 0.05) is 16.5 Å². The zero-order chi connectivity index (χ0) is 10.3. The highest BCUT2D eigenvalue weighted by atomic mass is 79.9. The van der Waals surface area contributed by atoms with Gasteiger partial charge in [-0.3, -0.25) is 4.79 Å². The summed E-state index contributed by atoms with van der Waals surface area (Å²) >= 11 is 3.53. The highest BCUT2D eigenvalue weighted by molar-refractivity contribution is 9.10. The van der Waals surface area contributed by atoms with Crippen LogP contribution in [0.5, 0.6) is 0 Å². The number of benzene rings is 1. The smallest absolute Gasteiger partial charge is 0.163 e. The lowest BCUT2D eigenvalue weighted by molar-refractivity contribution is 0.0956. The Balaban J connectivity index is 2.70. The van der Waals surface area contributed by atoms with Gasteiger partial charge in [0.2, 0.25) is 0 Å². The first-order valence-corrected chi connectivity index (χ1v) is 5.64. The van der Waals surface area contributed by atoms with E-state index in [2.05, 4.69) is 29.8 Å². The number of fused-ring (bicyclic) bond motifs is 1. The summed E-state index contributed by atoms with van der Waals surface area (Å²) in [6.07, 6.45) is 1.62. The Bertz CT molecular complexity index is 393. The molecule has 1 aromatic carbocycles. The SMILES string of the molecule is CC1(C)CCC(=O)c2cccc(Br)c21. The van der Waals surface area contributed by atoms with E-state index in [-0.39, 0.29) is 11.2 Å². The molecule has 0 aliphatic heterocycles. The van der Waals surface area contributed by atoms with Gasteiger partial charge in [-0.05, 0) is 23.5 Å². The fraction of sp³-hybridized carbons (Fsp3) is 0.417. The summed E-state index contributed by atoms with van der Waals surface area (Å²) in [6.45, 7) is 4.39. The van der Waals surface area contributed by atoms with Crippen LogP contribution in [0.15, 0.2) is 22.7 Å². The molecule has 0 saturated heterocycles. The van der Waals surface area contributed by atoms with Crippen LogP contribution in [0, 0.1) is 0 Å². The number of hydrogen-bond donors (Lipinski definition) is 0. The van der Waals surface area contributed by atoms with Crippen molar-refractivity contribution >= 4 is 21.7 Å². The summed E-state index contributed by atoms with van der Waals surface area (Å²) in [5, 5.41) is 0. The van der Waals surface area contributed by atoms with Gasteiger partial charge in [0.1, 0.15) is 0 Å². The molecule has 14 heavy (non-hydrogen) atoms. The minimum absolute atomic E-state index is 0.114. The molecule has 0 amide bonds. The quantitative estimate of drug-likeness (QED) is 0.688. The predicted molar refractivity (Wildman–Crippen MR) is 60.7 cm³/mol. The van der Waals surface area contributed by atoms with Crippen molar-refractivity contribution in [2.45, 2.75) is 32.1 Å². The number of hydrogen-bond acceptors (Lipinski definition) is 1. The molecule has 74 valence electrons. The van der Waals surface area contributed by atoms with E-state index >= 15 is 0 Å². The topological polar surface area (TPSA) is 17.1 Å². The third-order valence-corrected chi connectivity index (χ3v) is 3.63. The zero-order valence-corrected chi connectivity index (χ0v) is 10.0.